The van der Waals surface area contributed by atoms with Crippen molar-refractivity contribution in [1.82, 2.24) is 23.8 Å². The molecule has 20 heteroatoms. The van der Waals surface area contributed by atoms with Crippen LogP contribution < -0.4 is 49.5 Å². The van der Waals surface area contributed by atoms with E-state index in [4.69, 9.17) is 54.7 Å². The minimum atomic E-state index is -0.562. The smallest absolute Gasteiger partial charge is 1.00 e. The minimum absolute atomic E-state index is 0. The molecule has 15 nitrogen and oxygen atoms in total. The van der Waals surface area contributed by atoms with Gasteiger partial charge in [-0.15, -0.1) is 0 Å². The molecule has 1 atom stereocenters. The number of carbonyl (C=O) groups is 4. The number of nitrogens with two attached hydrogens (primary N) is 1. The van der Waals surface area contributed by atoms with Crippen molar-refractivity contribution in [3.63, 3.8) is 0 Å². The van der Waals surface area contributed by atoms with Crippen molar-refractivity contribution in [2.45, 2.75) is 178 Å². The molecule has 1 unspecified atom stereocenters. The molecule has 5 aromatic heterocycles. The second kappa shape index (κ2) is 33.5. The fourth-order valence-corrected chi connectivity index (χ4v) is 15.4. The third-order valence-corrected chi connectivity index (χ3v) is 20.9. The molecule has 6 aliphatic rings. The van der Waals surface area contributed by atoms with E-state index in [1.54, 1.807) is 27.7 Å². The normalized spacial score (nSPS) is 20.9. The first kappa shape index (κ1) is 73.2. The number of ketones is 2. The second-order valence-corrected chi connectivity index (χ2v) is 27.3. The van der Waals surface area contributed by atoms with Gasteiger partial charge in [0.2, 0.25) is 0 Å². The van der Waals surface area contributed by atoms with E-state index < -0.39 is 18.0 Å². The van der Waals surface area contributed by atoms with Crippen LogP contribution in [0, 0.1) is 17.8 Å². The third-order valence-electron chi connectivity index (χ3n) is 19.9. The summed E-state index contributed by atoms with van der Waals surface area (Å²) >= 11 is 19.5. The van der Waals surface area contributed by atoms with Crippen LogP contribution >= 0.6 is 34.8 Å². The average molecular weight is 1360 g/mol. The SMILES string of the molecule is CC(=O)OC(C)=O.COc1ccc(C2CCC(C(=O)c3c(C4CC4)ccc4cncn34)CC2)c(Cl)c1.COc1ccc(C2CCC(C(=O)c3nc(CN)ccc3C3CC3)CC2)c(Cl)c1.COc1ccc(C2CCC(C(O)c3c(C4CC4)ccc4cncn34)CC2)c(Cl)c1.[B].[H-].[Na+]. The van der Waals surface area contributed by atoms with Gasteiger partial charge in [0.25, 0.3) is 0 Å². The van der Waals surface area contributed by atoms with E-state index in [0.29, 0.717) is 47.7 Å². The van der Waals surface area contributed by atoms with E-state index in [1.165, 1.54) is 61.8 Å². The van der Waals surface area contributed by atoms with E-state index in [0.717, 1.165) is 161 Å². The summed E-state index contributed by atoms with van der Waals surface area (Å²) in [4.78, 5) is 59.7. The van der Waals surface area contributed by atoms with Gasteiger partial charge in [-0.25, -0.2) is 15.0 Å². The molecular formula is C75H86BCl3N6NaO9. The number of nitrogens with zero attached hydrogens (tertiary/aromatic N) is 5. The zero-order valence-electron chi connectivity index (χ0n) is 56.4. The van der Waals surface area contributed by atoms with Crippen molar-refractivity contribution in [3.05, 3.63) is 187 Å². The number of esters is 2. The molecule has 14 rings (SSSR count). The van der Waals surface area contributed by atoms with Gasteiger partial charge in [0.1, 0.15) is 22.9 Å². The number of carbonyl (C=O) groups excluding carboxylic acids is 4. The predicted octanol–water partition coefficient (Wildman–Crippen LogP) is 14.0. The quantitative estimate of drug-likeness (QED) is 0.0401. The molecule has 3 aromatic carbocycles. The predicted molar refractivity (Wildman–Crippen MR) is 369 cm³/mol. The molecule has 3 radical (unpaired) electrons. The Labute approximate surface area is 598 Å². The largest absolute Gasteiger partial charge is 1.00 e. The van der Waals surface area contributed by atoms with Crippen LogP contribution in [0.15, 0.2) is 116 Å². The number of aliphatic hydroxyl groups excluding tert-OH is 1. The van der Waals surface area contributed by atoms with Gasteiger partial charge in [-0.2, -0.15) is 0 Å². The van der Waals surface area contributed by atoms with E-state index in [-0.39, 0.29) is 68.7 Å². The Morgan fingerprint density at radius 1 is 0.516 bits per heavy atom. The molecule has 8 aromatic rings. The molecule has 3 N–H and O–H groups in total. The first-order valence-corrected chi connectivity index (χ1v) is 34.2. The number of benzene rings is 3. The van der Waals surface area contributed by atoms with E-state index in [1.807, 2.05) is 65.6 Å². The van der Waals surface area contributed by atoms with Crippen molar-refractivity contribution in [2.24, 2.45) is 23.5 Å². The summed E-state index contributed by atoms with van der Waals surface area (Å²) in [6.45, 7) is 2.73. The molecule has 95 heavy (non-hydrogen) atoms. The van der Waals surface area contributed by atoms with Gasteiger partial charge in [-0.1, -0.05) is 71.2 Å². The van der Waals surface area contributed by atoms with Crippen LogP contribution in [0.5, 0.6) is 17.2 Å². The Balaban J connectivity index is 0.000000173. The molecular weight excluding hydrogens is 1270 g/mol. The number of ether oxygens (including phenoxy) is 4. The monoisotopic (exact) mass is 1350 g/mol. The summed E-state index contributed by atoms with van der Waals surface area (Å²) < 4.78 is 23.9. The maximum atomic E-state index is 13.6. The van der Waals surface area contributed by atoms with Crippen LogP contribution in [0.4, 0.5) is 0 Å². The van der Waals surface area contributed by atoms with Crippen LogP contribution in [-0.4, -0.2) is 82.1 Å². The van der Waals surface area contributed by atoms with Gasteiger partial charge in [0.15, 0.2) is 11.6 Å². The Bertz CT molecular complexity index is 3970. The van der Waals surface area contributed by atoms with Gasteiger partial charge >= 0.3 is 41.5 Å². The number of rotatable bonds is 16. The molecule has 0 saturated heterocycles. The van der Waals surface area contributed by atoms with Crippen LogP contribution in [-0.2, 0) is 20.9 Å². The van der Waals surface area contributed by atoms with E-state index in [2.05, 4.69) is 72.6 Å². The molecule has 0 amide bonds. The molecule has 6 saturated carbocycles. The molecule has 0 aliphatic heterocycles. The molecule has 495 valence electrons. The fraction of sp³-hybridized carbons (Fsp3) is 0.453. The standard InChI is InChI=1S/C24H27ClN2O2.C24H25ClN2O2.C23H27ClN2O2.C4H6O3.B.Na.H/c2*1-29-19-9-11-20(22(25)12-19)15-4-6-17(7-5-15)24(28)23-21(16-2-3-16)10-8-18-13-26-14-27(18)23;1-28-18-9-11-19(21(24)12-18)14-4-6-16(7-5-14)23(27)22-20(15-2-3-15)10-8-17(13-25)26-22;1-3(5)7-4(2)6;;;/h8-17,24,28H,2-7H2,1H3;8-17H,2-7H2,1H3;8-12,14-16H,2-7,13,25H2,1H3;1-2H3;;;/q;;;;;+1;-1. The van der Waals surface area contributed by atoms with Crippen LogP contribution in [0.1, 0.15) is 238 Å². The second-order valence-electron chi connectivity index (χ2n) is 26.1. The third kappa shape index (κ3) is 17.8. The van der Waals surface area contributed by atoms with Gasteiger partial charge < -0.3 is 35.6 Å². The molecule has 6 fully saturated rings. The number of halogens is 3. The van der Waals surface area contributed by atoms with Crippen molar-refractivity contribution in [2.75, 3.05) is 21.3 Å². The summed E-state index contributed by atoms with van der Waals surface area (Å²) in [5.74, 6) is 5.01. The first-order valence-electron chi connectivity index (χ1n) is 33.1. The first-order chi connectivity index (χ1) is 45.0. The summed E-state index contributed by atoms with van der Waals surface area (Å²) in [6.07, 6.45) is 25.6. The summed E-state index contributed by atoms with van der Waals surface area (Å²) in [5.41, 5.74) is 18.4. The molecule has 6 aliphatic carbocycles. The van der Waals surface area contributed by atoms with Crippen molar-refractivity contribution < 1.29 is 74.2 Å². The topological polar surface area (TPSA) is 199 Å². The number of hydrogen-bond donors (Lipinski definition) is 2. The number of aromatic nitrogens is 5. The average Bonchev–Trinajstić information content (AvgIpc) is 1.35. The fourth-order valence-electron chi connectivity index (χ4n) is 14.4. The molecule has 5 heterocycles. The van der Waals surface area contributed by atoms with E-state index >= 15 is 0 Å². The summed E-state index contributed by atoms with van der Waals surface area (Å²) in [7, 11) is 4.96. The zero-order valence-corrected chi connectivity index (χ0v) is 59.7. The molecule has 0 spiro atoms. The van der Waals surface area contributed by atoms with Crippen molar-refractivity contribution in [3.8, 4) is 17.2 Å². The van der Waals surface area contributed by atoms with Crippen molar-refractivity contribution in [1.29, 1.82) is 0 Å². The number of pyridine rings is 3. The maximum Gasteiger partial charge on any atom is 1.00 e. The van der Waals surface area contributed by atoms with E-state index in [9.17, 15) is 24.3 Å². The number of methoxy groups -OCH3 is 3. The van der Waals surface area contributed by atoms with Crippen LogP contribution in [0.2, 0.25) is 15.1 Å². The number of hydrogen-bond acceptors (Lipinski definition) is 13. The maximum absolute atomic E-state index is 13.6. The Kier molecular flexibility index (Phi) is 25.8. The Morgan fingerprint density at radius 2 is 0.884 bits per heavy atom. The van der Waals surface area contributed by atoms with Crippen molar-refractivity contribution >= 4 is 77.8 Å². The van der Waals surface area contributed by atoms with Crippen LogP contribution in [0.3, 0.4) is 0 Å². The zero-order chi connectivity index (χ0) is 65.4. The van der Waals surface area contributed by atoms with Gasteiger partial charge in [0.05, 0.1) is 80.6 Å². The number of fused-ring (bicyclic) bond motifs is 2. The van der Waals surface area contributed by atoms with Gasteiger partial charge in [-0.3, -0.25) is 23.6 Å². The Morgan fingerprint density at radius 3 is 1.31 bits per heavy atom. The summed E-state index contributed by atoms with van der Waals surface area (Å²) in [5, 5.41) is 13.7. The minimum Gasteiger partial charge on any atom is -1.00 e. The number of aliphatic hydroxyl groups is 1. The molecule has 0 bridgehead atoms. The van der Waals surface area contributed by atoms with Gasteiger partial charge in [0, 0.05) is 55.7 Å². The van der Waals surface area contributed by atoms with Crippen LogP contribution in [0.25, 0.3) is 11.0 Å². The number of imidazole rings is 2. The summed E-state index contributed by atoms with van der Waals surface area (Å²) in [6, 6.07) is 30.4. The van der Waals surface area contributed by atoms with Gasteiger partial charge in [-0.05, 0) is 245 Å². The number of Topliss-reactive ketones (excluding diaryl/α,β-unsaturated/α-hetero) is 2. The Hall–Kier alpha value is -6.08.